The number of carbonyl (C=O) groups is 2. The Labute approximate surface area is 73.6 Å². The van der Waals surface area contributed by atoms with Gasteiger partial charge in [0.1, 0.15) is 5.69 Å². The van der Waals surface area contributed by atoms with E-state index >= 15 is 0 Å². The van der Waals surface area contributed by atoms with Crippen LogP contribution in [0.1, 0.15) is 10.5 Å². The number of nitrogens with one attached hydrogen (secondary N) is 1. The largest absolute Gasteiger partial charge is 0.465 e. The van der Waals surface area contributed by atoms with E-state index in [1.807, 2.05) is 5.32 Å². The molecule has 1 aromatic heterocycles. The number of rotatable bonds is 3. The fourth-order valence-corrected chi connectivity index (χ4v) is 0.697. The van der Waals surface area contributed by atoms with Crippen molar-refractivity contribution >= 4 is 11.9 Å². The van der Waals surface area contributed by atoms with Crippen molar-refractivity contribution in [2.75, 3.05) is 6.54 Å². The molecule has 0 spiro atoms. The quantitative estimate of drug-likeness (QED) is 0.636. The predicted molar refractivity (Wildman–Crippen MR) is 42.4 cm³/mol. The van der Waals surface area contributed by atoms with Crippen LogP contribution in [0.15, 0.2) is 18.3 Å². The Morgan fingerprint density at radius 3 is 2.85 bits per heavy atom. The molecule has 6 nitrogen and oxygen atoms in total. The smallest absolute Gasteiger partial charge is 0.405 e. The fourth-order valence-electron chi connectivity index (χ4n) is 0.697. The summed E-state index contributed by atoms with van der Waals surface area (Å²) >= 11 is 0. The molecule has 1 aromatic rings. The summed E-state index contributed by atoms with van der Waals surface area (Å²) in [4.78, 5) is 21.2. The molecule has 0 unspecified atom stereocenters. The minimum absolute atomic E-state index is 0.149. The second-order valence-electron chi connectivity index (χ2n) is 2.19. The van der Waals surface area contributed by atoms with E-state index in [-0.39, 0.29) is 12.2 Å². The van der Waals surface area contributed by atoms with Crippen molar-refractivity contribution in [1.29, 1.82) is 0 Å². The average Bonchev–Trinajstić information content (AvgIpc) is 2.15. The summed E-state index contributed by atoms with van der Waals surface area (Å²) in [6.45, 7) is -0.284. The maximum atomic E-state index is 11.1. The molecule has 0 saturated carbocycles. The summed E-state index contributed by atoms with van der Waals surface area (Å²) in [6.07, 6.45) is 0.193. The van der Waals surface area contributed by atoms with Crippen LogP contribution in [0.3, 0.4) is 0 Å². The van der Waals surface area contributed by atoms with Crippen LogP contribution in [0.2, 0.25) is 0 Å². The second-order valence-corrected chi connectivity index (χ2v) is 2.19. The molecule has 1 heterocycles. The highest BCUT2D eigenvalue weighted by molar-refractivity contribution is 5.96. The number of Topliss-reactive ketones (excluding diaryl/α,β-unsaturated/α-hetero) is 1. The number of hydrogen-bond acceptors (Lipinski definition) is 4. The third-order valence-electron chi connectivity index (χ3n) is 1.26. The van der Waals surface area contributed by atoms with Crippen LogP contribution < -0.4 is 5.32 Å². The van der Waals surface area contributed by atoms with Crippen LogP contribution in [-0.2, 0) is 0 Å². The lowest BCUT2D eigenvalue weighted by molar-refractivity contribution is 0.0981. The highest BCUT2D eigenvalue weighted by Gasteiger charge is 2.07. The summed E-state index contributed by atoms with van der Waals surface area (Å²) < 4.78 is 0. The molecule has 0 aliphatic carbocycles. The highest BCUT2D eigenvalue weighted by Crippen LogP contribution is 1.91. The number of aromatic nitrogens is 2. The Morgan fingerprint density at radius 2 is 2.31 bits per heavy atom. The molecule has 13 heavy (non-hydrogen) atoms. The third-order valence-corrected chi connectivity index (χ3v) is 1.26. The Hall–Kier alpha value is -1.98. The summed E-state index contributed by atoms with van der Waals surface area (Å²) in [6, 6.07) is 3.03. The monoisotopic (exact) mass is 181 g/mol. The normalized spacial score (nSPS) is 9.23. The summed E-state index contributed by atoms with van der Waals surface area (Å²) in [5.41, 5.74) is 0.149. The van der Waals surface area contributed by atoms with Crippen molar-refractivity contribution in [2.45, 2.75) is 0 Å². The minimum Gasteiger partial charge on any atom is -0.465 e. The van der Waals surface area contributed by atoms with Crippen LogP contribution in [0, 0.1) is 0 Å². The fraction of sp³-hybridized carbons (Fsp3) is 0.143. The van der Waals surface area contributed by atoms with Gasteiger partial charge in [0.2, 0.25) is 5.78 Å². The highest BCUT2D eigenvalue weighted by atomic mass is 16.4. The topological polar surface area (TPSA) is 92.2 Å². The second kappa shape index (κ2) is 4.15. The lowest BCUT2D eigenvalue weighted by atomic mass is 10.3. The molecule has 0 aliphatic heterocycles. The molecular weight excluding hydrogens is 174 g/mol. The van der Waals surface area contributed by atoms with Crippen molar-refractivity contribution in [2.24, 2.45) is 0 Å². The van der Waals surface area contributed by atoms with E-state index in [0.29, 0.717) is 0 Å². The van der Waals surface area contributed by atoms with Gasteiger partial charge in [-0.25, -0.2) is 4.79 Å². The molecular formula is C7H7N3O3. The Morgan fingerprint density at radius 1 is 1.54 bits per heavy atom. The van der Waals surface area contributed by atoms with Gasteiger partial charge in [-0.2, -0.15) is 5.10 Å². The van der Waals surface area contributed by atoms with Gasteiger partial charge >= 0.3 is 6.09 Å². The van der Waals surface area contributed by atoms with Crippen molar-refractivity contribution in [3.05, 3.63) is 24.0 Å². The SMILES string of the molecule is O=C(O)NCC(=O)c1cccnn1. The van der Waals surface area contributed by atoms with Crippen LogP contribution in [0.5, 0.6) is 0 Å². The Bertz CT molecular complexity index is 312. The molecule has 0 atom stereocenters. The number of nitrogens with zero attached hydrogens (tertiary/aromatic N) is 2. The first-order chi connectivity index (χ1) is 6.20. The van der Waals surface area contributed by atoms with Gasteiger partial charge < -0.3 is 10.4 Å². The molecule has 0 bridgehead atoms. The average molecular weight is 181 g/mol. The van der Waals surface area contributed by atoms with E-state index in [0.717, 1.165) is 0 Å². The van der Waals surface area contributed by atoms with E-state index in [1.165, 1.54) is 12.3 Å². The van der Waals surface area contributed by atoms with E-state index in [1.54, 1.807) is 6.07 Å². The van der Waals surface area contributed by atoms with Gasteiger partial charge in [-0.1, -0.05) is 0 Å². The molecule has 0 fully saturated rings. The van der Waals surface area contributed by atoms with E-state index < -0.39 is 11.9 Å². The number of ketones is 1. The van der Waals surface area contributed by atoms with Crippen molar-refractivity contribution in [3.63, 3.8) is 0 Å². The van der Waals surface area contributed by atoms with E-state index in [4.69, 9.17) is 5.11 Å². The van der Waals surface area contributed by atoms with Gasteiger partial charge in [0.15, 0.2) is 0 Å². The Kier molecular flexibility index (Phi) is 2.91. The number of amides is 1. The molecule has 0 aliphatic rings. The maximum absolute atomic E-state index is 11.1. The summed E-state index contributed by atoms with van der Waals surface area (Å²) in [7, 11) is 0. The van der Waals surface area contributed by atoms with Crippen LogP contribution in [0.4, 0.5) is 4.79 Å². The van der Waals surface area contributed by atoms with Gasteiger partial charge in [-0.05, 0) is 12.1 Å². The zero-order valence-electron chi connectivity index (χ0n) is 6.60. The standard InChI is InChI=1S/C7H7N3O3/c11-6(4-8-7(12)13)5-2-1-3-9-10-5/h1-3,8H,4H2,(H,12,13). The van der Waals surface area contributed by atoms with Crippen LogP contribution in [-0.4, -0.2) is 33.7 Å². The van der Waals surface area contributed by atoms with Gasteiger partial charge in [0, 0.05) is 6.20 Å². The molecule has 0 radical (unpaired) electrons. The molecule has 2 N–H and O–H groups in total. The Balaban J connectivity index is 2.54. The summed E-state index contributed by atoms with van der Waals surface area (Å²) in [5.74, 6) is -0.407. The van der Waals surface area contributed by atoms with Gasteiger partial charge in [-0.3, -0.25) is 4.79 Å². The summed E-state index contributed by atoms with van der Waals surface area (Å²) in [5, 5.41) is 17.2. The zero-order valence-corrected chi connectivity index (χ0v) is 6.60. The molecule has 1 rings (SSSR count). The van der Waals surface area contributed by atoms with Gasteiger partial charge in [0.05, 0.1) is 6.54 Å². The predicted octanol–water partition coefficient (Wildman–Crippen LogP) is -0.0731. The van der Waals surface area contributed by atoms with Crippen molar-refractivity contribution < 1.29 is 14.7 Å². The first-order valence-electron chi connectivity index (χ1n) is 3.48. The molecule has 6 heteroatoms. The van der Waals surface area contributed by atoms with Crippen molar-refractivity contribution in [1.82, 2.24) is 15.5 Å². The number of hydrogen-bond donors (Lipinski definition) is 2. The zero-order chi connectivity index (χ0) is 9.68. The molecule has 68 valence electrons. The maximum Gasteiger partial charge on any atom is 0.405 e. The number of carboxylic acid groups (broad SMARTS) is 1. The van der Waals surface area contributed by atoms with Crippen LogP contribution >= 0.6 is 0 Å². The first kappa shape index (κ1) is 9.11. The van der Waals surface area contributed by atoms with Crippen LogP contribution in [0.25, 0.3) is 0 Å². The van der Waals surface area contributed by atoms with E-state index in [2.05, 4.69) is 10.2 Å². The van der Waals surface area contributed by atoms with Gasteiger partial charge in [0.25, 0.3) is 0 Å². The lowest BCUT2D eigenvalue weighted by Gasteiger charge is -1.97. The minimum atomic E-state index is -1.24. The van der Waals surface area contributed by atoms with Crippen molar-refractivity contribution in [3.8, 4) is 0 Å². The molecule has 0 saturated heterocycles. The van der Waals surface area contributed by atoms with E-state index in [9.17, 15) is 9.59 Å². The van der Waals surface area contributed by atoms with Gasteiger partial charge in [-0.15, -0.1) is 5.10 Å². The number of carbonyl (C=O) groups excluding carboxylic acids is 1. The molecule has 1 amide bonds. The third kappa shape index (κ3) is 2.86. The first-order valence-corrected chi connectivity index (χ1v) is 3.48. The lowest BCUT2D eigenvalue weighted by Crippen LogP contribution is -2.28. The molecule has 0 aromatic carbocycles.